The molecule has 0 aliphatic carbocycles. The highest BCUT2D eigenvalue weighted by Gasteiger charge is 2.48. The first-order valence-electron chi connectivity index (χ1n) is 10.1. The highest BCUT2D eigenvalue weighted by atomic mass is 16.5. The number of amides is 4. The molecule has 1 fully saturated rings. The van der Waals surface area contributed by atoms with Gasteiger partial charge in [0.1, 0.15) is 5.75 Å². The molecule has 2 heterocycles. The van der Waals surface area contributed by atoms with E-state index < -0.39 is 17.5 Å². The molecular weight excluding hydrogens is 410 g/mol. The van der Waals surface area contributed by atoms with Crippen LogP contribution in [0.3, 0.4) is 0 Å². The van der Waals surface area contributed by atoms with E-state index in [2.05, 4.69) is 22.5 Å². The van der Waals surface area contributed by atoms with E-state index in [1.807, 2.05) is 0 Å². The minimum Gasteiger partial charge on any atom is -0.497 e. The number of rotatable bonds is 5. The van der Waals surface area contributed by atoms with Gasteiger partial charge < -0.3 is 15.0 Å². The predicted octanol–water partition coefficient (Wildman–Crippen LogP) is 1.87. The Hall–Kier alpha value is -4.12. The van der Waals surface area contributed by atoms with Gasteiger partial charge in [0.15, 0.2) is 5.78 Å². The third-order valence-electron chi connectivity index (χ3n) is 5.51. The Balaban J connectivity index is 1.61. The largest absolute Gasteiger partial charge is 0.497 e. The van der Waals surface area contributed by atoms with Crippen LogP contribution in [-0.4, -0.2) is 47.7 Å². The lowest BCUT2D eigenvalue weighted by Gasteiger charge is -2.26. The summed E-state index contributed by atoms with van der Waals surface area (Å²) in [5.74, 6) is 5.45. The van der Waals surface area contributed by atoms with Gasteiger partial charge in [-0.15, -0.1) is 0 Å². The monoisotopic (exact) mass is 431 g/mol. The molecule has 8 nitrogen and oxygen atoms in total. The summed E-state index contributed by atoms with van der Waals surface area (Å²) in [6.45, 7) is 1.97. The Morgan fingerprint density at radius 3 is 2.53 bits per heavy atom. The Labute approximate surface area is 184 Å². The molecule has 4 rings (SSSR count). The number of hydrogen-bond acceptors (Lipinski definition) is 5. The number of ketones is 1. The summed E-state index contributed by atoms with van der Waals surface area (Å²) in [4.78, 5) is 50.8. The number of ether oxygens (including phenoxy) is 1. The zero-order chi connectivity index (χ0) is 22.9. The van der Waals surface area contributed by atoms with Crippen LogP contribution in [-0.2, 0) is 11.3 Å². The molecule has 0 bridgehead atoms. The highest BCUT2D eigenvalue weighted by molar-refractivity contribution is 6.10. The predicted molar refractivity (Wildman–Crippen MR) is 115 cm³/mol. The van der Waals surface area contributed by atoms with Gasteiger partial charge >= 0.3 is 6.03 Å². The number of nitrogens with zero attached hydrogens (tertiary/aromatic N) is 1. The topological polar surface area (TPSA) is 105 Å². The fraction of sp³-hybridized carbons (Fsp3) is 0.250. The summed E-state index contributed by atoms with van der Waals surface area (Å²) in [5.41, 5.74) is 0.868. The van der Waals surface area contributed by atoms with E-state index in [4.69, 9.17) is 4.74 Å². The summed E-state index contributed by atoms with van der Waals surface area (Å²) in [6.07, 6.45) is 0.401. The van der Waals surface area contributed by atoms with Gasteiger partial charge in [0.2, 0.25) is 5.54 Å². The van der Waals surface area contributed by atoms with E-state index in [9.17, 15) is 19.2 Å². The number of benzene rings is 2. The molecule has 2 aromatic rings. The lowest BCUT2D eigenvalue weighted by Crippen LogP contribution is -2.54. The number of carbonyl (C=O) groups excluding carboxylic acids is 4. The van der Waals surface area contributed by atoms with Crippen molar-refractivity contribution in [3.05, 3.63) is 64.7 Å². The molecule has 1 atom stereocenters. The summed E-state index contributed by atoms with van der Waals surface area (Å²) < 4.78 is 5.19. The van der Waals surface area contributed by atoms with Crippen LogP contribution in [0.25, 0.3) is 0 Å². The fourth-order valence-corrected chi connectivity index (χ4v) is 3.73. The number of carbonyl (C=O) groups is 4. The van der Waals surface area contributed by atoms with Crippen LogP contribution in [0, 0.1) is 11.8 Å². The van der Waals surface area contributed by atoms with Crippen molar-refractivity contribution in [3.8, 4) is 17.6 Å². The number of urea groups is 1. The van der Waals surface area contributed by atoms with Gasteiger partial charge in [0, 0.05) is 29.7 Å². The van der Waals surface area contributed by atoms with Gasteiger partial charge in [0.05, 0.1) is 13.7 Å². The zero-order valence-corrected chi connectivity index (χ0v) is 17.7. The third kappa shape index (κ3) is 3.81. The van der Waals surface area contributed by atoms with Crippen molar-refractivity contribution >= 4 is 23.6 Å². The van der Waals surface area contributed by atoms with E-state index in [-0.39, 0.29) is 18.2 Å². The molecule has 0 saturated carbocycles. The maximum atomic E-state index is 12.9. The summed E-state index contributed by atoms with van der Waals surface area (Å²) in [5, 5.41) is 4.79. The van der Waals surface area contributed by atoms with Crippen molar-refractivity contribution in [2.45, 2.75) is 25.4 Å². The lowest BCUT2D eigenvalue weighted by atomic mass is 9.98. The van der Waals surface area contributed by atoms with Gasteiger partial charge in [-0.2, -0.15) is 0 Å². The molecule has 2 aliphatic rings. The fourth-order valence-electron chi connectivity index (χ4n) is 3.73. The number of methoxy groups -OCH3 is 1. The average molecular weight is 431 g/mol. The maximum Gasteiger partial charge on any atom is 0.323 e. The SMILES string of the molecule is CCC(=O)c1ccc(C#CC2(CN3Cc4ccc(OC)cc4C3=O)NC(=O)NC2=O)cc1. The standard InChI is InChI=1S/C24H21N3O5/c1-3-20(28)16-6-4-15(5-7-16)10-11-24(22(30)25-23(31)26-24)14-27-13-17-8-9-18(32-2)12-19(17)21(27)29/h4-9,12H,3,13-14H2,1-2H3,(H2,25,26,30,31). The Morgan fingerprint density at radius 1 is 1.16 bits per heavy atom. The van der Waals surface area contributed by atoms with Crippen LogP contribution in [0.5, 0.6) is 5.75 Å². The van der Waals surface area contributed by atoms with Crippen LogP contribution in [0.1, 0.15) is 45.2 Å². The first-order valence-corrected chi connectivity index (χ1v) is 10.1. The van der Waals surface area contributed by atoms with Gasteiger partial charge in [-0.05, 0) is 29.8 Å². The molecule has 2 aliphatic heterocycles. The van der Waals surface area contributed by atoms with E-state index in [0.29, 0.717) is 35.4 Å². The minimum absolute atomic E-state index is 0.0205. The van der Waals surface area contributed by atoms with E-state index in [1.54, 1.807) is 49.4 Å². The van der Waals surface area contributed by atoms with Crippen LogP contribution < -0.4 is 15.4 Å². The van der Waals surface area contributed by atoms with Crippen LogP contribution in [0.4, 0.5) is 4.79 Å². The molecule has 1 unspecified atom stereocenters. The Bertz CT molecular complexity index is 1190. The lowest BCUT2D eigenvalue weighted by molar-refractivity contribution is -0.122. The molecule has 0 spiro atoms. The molecule has 0 radical (unpaired) electrons. The third-order valence-corrected chi connectivity index (χ3v) is 5.51. The first-order chi connectivity index (χ1) is 15.3. The van der Waals surface area contributed by atoms with Gasteiger partial charge in [-0.1, -0.05) is 37.0 Å². The molecule has 8 heteroatoms. The molecule has 2 N–H and O–H groups in total. The second-order valence-electron chi connectivity index (χ2n) is 7.60. The number of imide groups is 1. The molecule has 0 aromatic heterocycles. The maximum absolute atomic E-state index is 12.9. The van der Waals surface area contributed by atoms with Crippen molar-refractivity contribution in [2.75, 3.05) is 13.7 Å². The summed E-state index contributed by atoms with van der Waals surface area (Å²) >= 11 is 0. The molecule has 2 aromatic carbocycles. The van der Waals surface area contributed by atoms with E-state index in [0.717, 1.165) is 5.56 Å². The Kier molecular flexibility index (Phi) is 5.41. The van der Waals surface area contributed by atoms with Crippen molar-refractivity contribution < 1.29 is 23.9 Å². The van der Waals surface area contributed by atoms with Crippen LogP contribution >= 0.6 is 0 Å². The van der Waals surface area contributed by atoms with Gasteiger partial charge in [0.25, 0.3) is 11.8 Å². The number of nitrogens with one attached hydrogen (secondary N) is 2. The quantitative estimate of drug-likeness (QED) is 0.427. The van der Waals surface area contributed by atoms with E-state index in [1.165, 1.54) is 12.0 Å². The molecule has 4 amide bonds. The Morgan fingerprint density at radius 2 is 1.91 bits per heavy atom. The molecule has 1 saturated heterocycles. The summed E-state index contributed by atoms with van der Waals surface area (Å²) in [6, 6.07) is 11.3. The van der Waals surface area contributed by atoms with Gasteiger partial charge in [-0.3, -0.25) is 19.7 Å². The van der Waals surface area contributed by atoms with Crippen molar-refractivity contribution in [2.24, 2.45) is 0 Å². The van der Waals surface area contributed by atoms with Crippen molar-refractivity contribution in [1.82, 2.24) is 15.5 Å². The number of fused-ring (bicyclic) bond motifs is 1. The van der Waals surface area contributed by atoms with Crippen molar-refractivity contribution in [1.29, 1.82) is 0 Å². The highest BCUT2D eigenvalue weighted by Crippen LogP contribution is 2.28. The molecule has 162 valence electrons. The van der Waals surface area contributed by atoms with Gasteiger partial charge in [-0.25, -0.2) is 4.79 Å². The average Bonchev–Trinajstić information content (AvgIpc) is 3.26. The normalized spacial score (nSPS) is 19.1. The number of Topliss-reactive ketones (excluding diaryl/α,β-unsaturated/α-hetero) is 1. The smallest absolute Gasteiger partial charge is 0.323 e. The zero-order valence-electron chi connectivity index (χ0n) is 17.7. The van der Waals surface area contributed by atoms with Crippen molar-refractivity contribution in [3.63, 3.8) is 0 Å². The van der Waals surface area contributed by atoms with Crippen LogP contribution in [0.2, 0.25) is 0 Å². The number of hydrogen-bond donors (Lipinski definition) is 2. The second-order valence-corrected chi connectivity index (χ2v) is 7.60. The summed E-state index contributed by atoms with van der Waals surface area (Å²) in [7, 11) is 1.52. The minimum atomic E-state index is -1.59. The first kappa shape index (κ1) is 21.1. The molecular formula is C24H21N3O5. The van der Waals surface area contributed by atoms with Crippen LogP contribution in [0.15, 0.2) is 42.5 Å². The second kappa shape index (κ2) is 8.19. The van der Waals surface area contributed by atoms with E-state index >= 15 is 0 Å². The molecule has 32 heavy (non-hydrogen) atoms.